The molecule has 0 aliphatic carbocycles. The summed E-state index contributed by atoms with van der Waals surface area (Å²) in [6, 6.07) is 75.2. The molecule has 0 saturated heterocycles. The zero-order valence-electron chi connectivity index (χ0n) is 30.1. The highest BCUT2D eigenvalue weighted by atomic mass is 15.2. The van der Waals surface area contributed by atoms with Crippen LogP contribution in [0.15, 0.2) is 219 Å². The van der Waals surface area contributed by atoms with E-state index in [9.17, 15) is 0 Å². The van der Waals surface area contributed by atoms with Crippen LogP contribution < -0.4 is 9.80 Å². The van der Waals surface area contributed by atoms with E-state index in [0.717, 1.165) is 61.6 Å². The van der Waals surface area contributed by atoms with Crippen LogP contribution >= 0.6 is 0 Å². The lowest BCUT2D eigenvalue weighted by Gasteiger charge is -2.31. The van der Waals surface area contributed by atoms with Crippen molar-refractivity contribution in [3.05, 3.63) is 219 Å². The second kappa shape index (κ2) is 13.8. The van der Waals surface area contributed by atoms with Gasteiger partial charge in [-0.05, 0) is 82.9 Å². The number of hydrogen-bond donors (Lipinski definition) is 0. The Bertz CT molecular complexity index is 2890. The number of fused-ring (bicyclic) bond motifs is 4. The molecule has 0 radical (unpaired) electrons. The lowest BCUT2D eigenvalue weighted by molar-refractivity contribution is 1.21. The largest absolute Gasteiger partial charge is 0.308 e. The standard InChI is InChI=1S/C51H36N4/c1-5-17-37(18-6-1)39-28-32-43(33-29-39)54(41-21-9-3-10-22-41)49-45-25-13-14-26-46(45)50(51-48(49)52-47-27-15-16-36-53(47)51)55(42-23-11-4-12-24-42)44-34-30-40(31-35-44)38-19-7-2-8-20-38/h1-36H. The van der Waals surface area contributed by atoms with Crippen LogP contribution in [-0.4, -0.2) is 9.38 Å². The highest BCUT2D eigenvalue weighted by Crippen LogP contribution is 2.51. The van der Waals surface area contributed by atoms with Crippen molar-refractivity contribution in [1.29, 1.82) is 0 Å². The highest BCUT2D eigenvalue weighted by Gasteiger charge is 2.28. The summed E-state index contributed by atoms with van der Waals surface area (Å²) in [7, 11) is 0. The molecular formula is C51H36N4. The van der Waals surface area contributed by atoms with Crippen molar-refractivity contribution in [1.82, 2.24) is 9.38 Å². The molecule has 0 N–H and O–H groups in total. The van der Waals surface area contributed by atoms with Gasteiger partial charge in [-0.15, -0.1) is 0 Å². The van der Waals surface area contributed by atoms with Gasteiger partial charge in [0.25, 0.3) is 0 Å². The fraction of sp³-hybridized carbons (Fsp3) is 0. The molecule has 260 valence electrons. The van der Waals surface area contributed by atoms with Gasteiger partial charge >= 0.3 is 0 Å². The second-order valence-electron chi connectivity index (χ2n) is 13.6. The van der Waals surface area contributed by atoms with Crippen molar-refractivity contribution in [2.24, 2.45) is 0 Å². The first-order chi connectivity index (χ1) is 27.3. The van der Waals surface area contributed by atoms with Gasteiger partial charge in [0.15, 0.2) is 0 Å². The zero-order chi connectivity index (χ0) is 36.6. The Balaban J connectivity index is 1.27. The molecule has 0 atom stereocenters. The van der Waals surface area contributed by atoms with Gasteiger partial charge in [-0.1, -0.05) is 152 Å². The smallest absolute Gasteiger partial charge is 0.138 e. The zero-order valence-corrected chi connectivity index (χ0v) is 30.1. The average Bonchev–Trinajstić information content (AvgIpc) is 3.66. The summed E-state index contributed by atoms with van der Waals surface area (Å²) in [4.78, 5) is 10.2. The maximum Gasteiger partial charge on any atom is 0.138 e. The number of para-hydroxylation sites is 2. The number of aromatic nitrogens is 2. The molecule has 0 unspecified atom stereocenters. The van der Waals surface area contributed by atoms with Crippen LogP contribution in [-0.2, 0) is 0 Å². The third-order valence-corrected chi connectivity index (χ3v) is 10.4. The molecule has 0 spiro atoms. The molecule has 0 bridgehead atoms. The molecule has 0 amide bonds. The minimum Gasteiger partial charge on any atom is -0.308 e. The van der Waals surface area contributed by atoms with Crippen LogP contribution in [0.2, 0.25) is 0 Å². The Morgan fingerprint density at radius 2 is 0.709 bits per heavy atom. The van der Waals surface area contributed by atoms with Crippen molar-refractivity contribution < 1.29 is 0 Å². The Hall–Kier alpha value is -7.43. The molecule has 4 heteroatoms. The van der Waals surface area contributed by atoms with Crippen LogP contribution in [0.5, 0.6) is 0 Å². The first kappa shape index (κ1) is 32.2. The quantitative estimate of drug-likeness (QED) is 0.147. The number of rotatable bonds is 8. The monoisotopic (exact) mass is 704 g/mol. The fourth-order valence-electron chi connectivity index (χ4n) is 7.83. The van der Waals surface area contributed by atoms with E-state index in [-0.39, 0.29) is 0 Å². The third kappa shape index (κ3) is 5.77. The summed E-state index contributed by atoms with van der Waals surface area (Å²) in [5.41, 5.74) is 13.9. The Morgan fingerprint density at radius 3 is 1.22 bits per heavy atom. The van der Waals surface area contributed by atoms with Crippen LogP contribution in [0.4, 0.5) is 34.1 Å². The lowest BCUT2D eigenvalue weighted by Crippen LogP contribution is -2.15. The number of anilines is 6. The number of nitrogens with zero attached hydrogens (tertiary/aromatic N) is 4. The Kier molecular flexibility index (Phi) is 8.12. The average molecular weight is 705 g/mol. The van der Waals surface area contributed by atoms with Crippen molar-refractivity contribution in [3.63, 3.8) is 0 Å². The first-order valence-electron chi connectivity index (χ1n) is 18.6. The summed E-state index contributed by atoms with van der Waals surface area (Å²) in [5.74, 6) is 0. The molecule has 10 rings (SSSR count). The maximum atomic E-state index is 5.48. The van der Waals surface area contributed by atoms with Crippen LogP contribution in [0.3, 0.4) is 0 Å². The third-order valence-electron chi connectivity index (χ3n) is 10.4. The summed E-state index contributed by atoms with van der Waals surface area (Å²) < 4.78 is 2.25. The molecule has 0 fully saturated rings. The molecule has 0 saturated carbocycles. The Morgan fingerprint density at radius 1 is 0.327 bits per heavy atom. The van der Waals surface area contributed by atoms with Gasteiger partial charge < -0.3 is 9.80 Å². The van der Waals surface area contributed by atoms with E-state index in [1.54, 1.807) is 0 Å². The van der Waals surface area contributed by atoms with E-state index in [2.05, 4.69) is 233 Å². The van der Waals surface area contributed by atoms with Gasteiger partial charge in [0.05, 0.1) is 16.9 Å². The van der Waals surface area contributed by atoms with E-state index in [1.165, 1.54) is 22.3 Å². The van der Waals surface area contributed by atoms with Gasteiger partial charge in [-0.3, -0.25) is 4.40 Å². The van der Waals surface area contributed by atoms with Gasteiger partial charge in [0.2, 0.25) is 0 Å². The summed E-state index contributed by atoms with van der Waals surface area (Å²) in [6.07, 6.45) is 2.13. The lowest BCUT2D eigenvalue weighted by atomic mass is 9.99. The van der Waals surface area contributed by atoms with Gasteiger partial charge in [0.1, 0.15) is 11.2 Å². The van der Waals surface area contributed by atoms with Crippen LogP contribution in [0.25, 0.3) is 49.7 Å². The molecule has 4 nitrogen and oxygen atoms in total. The molecule has 10 aromatic rings. The van der Waals surface area contributed by atoms with Crippen LogP contribution in [0.1, 0.15) is 0 Å². The first-order valence-corrected chi connectivity index (χ1v) is 18.6. The van der Waals surface area contributed by atoms with Gasteiger partial charge in [-0.25, -0.2) is 4.98 Å². The van der Waals surface area contributed by atoms with Gasteiger partial charge in [0, 0.05) is 39.7 Å². The Labute approximate surface area is 320 Å². The number of benzene rings is 8. The van der Waals surface area contributed by atoms with Crippen LogP contribution in [0, 0.1) is 0 Å². The number of hydrogen-bond acceptors (Lipinski definition) is 3. The van der Waals surface area contributed by atoms with Gasteiger partial charge in [-0.2, -0.15) is 0 Å². The minimum atomic E-state index is 0.884. The number of imidazole rings is 1. The molecule has 2 heterocycles. The van der Waals surface area contributed by atoms with E-state index >= 15 is 0 Å². The van der Waals surface area contributed by atoms with E-state index in [1.807, 2.05) is 0 Å². The maximum absolute atomic E-state index is 5.48. The molecule has 55 heavy (non-hydrogen) atoms. The SMILES string of the molecule is c1ccc(-c2ccc(N(c3ccccc3)c3c4ccccc4c(N(c4ccccc4)c4ccc(-c5ccccc5)cc4)c4c3nc3ccccn34)cc2)cc1. The fourth-order valence-corrected chi connectivity index (χ4v) is 7.83. The summed E-state index contributed by atoms with van der Waals surface area (Å²) in [5, 5.41) is 2.22. The summed E-state index contributed by atoms with van der Waals surface area (Å²) >= 11 is 0. The molecule has 0 aliphatic rings. The topological polar surface area (TPSA) is 23.8 Å². The predicted molar refractivity (Wildman–Crippen MR) is 230 cm³/mol. The van der Waals surface area contributed by atoms with E-state index in [0.29, 0.717) is 0 Å². The minimum absolute atomic E-state index is 0.884. The summed E-state index contributed by atoms with van der Waals surface area (Å²) in [6.45, 7) is 0. The molecular weight excluding hydrogens is 669 g/mol. The molecule has 8 aromatic carbocycles. The van der Waals surface area contributed by atoms with Crippen molar-refractivity contribution in [2.45, 2.75) is 0 Å². The highest BCUT2D eigenvalue weighted by molar-refractivity contribution is 6.22. The van der Waals surface area contributed by atoms with Crippen molar-refractivity contribution in [2.75, 3.05) is 9.80 Å². The molecule has 0 aliphatic heterocycles. The van der Waals surface area contributed by atoms with E-state index < -0.39 is 0 Å². The predicted octanol–water partition coefficient (Wildman–Crippen LogP) is 13.9. The van der Waals surface area contributed by atoms with E-state index in [4.69, 9.17) is 4.98 Å². The normalized spacial score (nSPS) is 11.3. The van der Waals surface area contributed by atoms with Crippen molar-refractivity contribution >= 4 is 61.6 Å². The number of pyridine rings is 1. The molecule has 2 aromatic heterocycles. The second-order valence-corrected chi connectivity index (χ2v) is 13.6. The van der Waals surface area contributed by atoms with Crippen molar-refractivity contribution in [3.8, 4) is 22.3 Å².